The molecule has 5 aromatic rings. The normalized spacial score (nSPS) is 18.1. The SMILES string of the molecule is CCCCC[C@H]1CC[C@H](c2ccc(-c3ccc(OC(=O)c4ccc5c(c4)-c4c(cc(O)c6cc(C(F)(F)F)ccc46)C5(C)C)cc3)cc2)CC1. The van der Waals surface area contributed by atoms with Crippen LogP contribution in [-0.4, -0.2) is 11.1 Å². The zero-order valence-electron chi connectivity index (χ0n) is 28.9. The highest BCUT2D eigenvalue weighted by Crippen LogP contribution is 2.53. The van der Waals surface area contributed by atoms with Crippen molar-refractivity contribution in [1.82, 2.24) is 0 Å². The third-order valence-electron chi connectivity index (χ3n) is 11.2. The van der Waals surface area contributed by atoms with Crippen molar-refractivity contribution >= 4 is 16.7 Å². The molecule has 2 aliphatic rings. The van der Waals surface area contributed by atoms with Crippen molar-refractivity contribution in [3.63, 3.8) is 0 Å². The number of phenolic OH excluding ortho intramolecular Hbond substituents is 1. The third-order valence-corrected chi connectivity index (χ3v) is 11.2. The Morgan fingerprint density at radius 2 is 1.48 bits per heavy atom. The lowest BCUT2D eigenvalue weighted by Gasteiger charge is -2.29. The van der Waals surface area contributed by atoms with Gasteiger partial charge < -0.3 is 9.84 Å². The average molecular weight is 677 g/mol. The molecule has 50 heavy (non-hydrogen) atoms. The number of alkyl halides is 3. The molecule has 1 fully saturated rings. The summed E-state index contributed by atoms with van der Waals surface area (Å²) in [5.41, 5.74) is 5.69. The molecule has 5 aromatic carbocycles. The van der Waals surface area contributed by atoms with E-state index in [1.165, 1.54) is 63.0 Å². The summed E-state index contributed by atoms with van der Waals surface area (Å²) in [5.74, 6) is 1.21. The highest BCUT2D eigenvalue weighted by atomic mass is 19.4. The van der Waals surface area contributed by atoms with Gasteiger partial charge in [-0.1, -0.05) is 95.0 Å². The zero-order chi connectivity index (χ0) is 35.2. The minimum Gasteiger partial charge on any atom is -0.507 e. The highest BCUT2D eigenvalue weighted by Gasteiger charge is 2.39. The summed E-state index contributed by atoms with van der Waals surface area (Å²) < 4.78 is 46.3. The number of hydrogen-bond acceptors (Lipinski definition) is 3. The van der Waals surface area contributed by atoms with Crippen molar-refractivity contribution in [2.75, 3.05) is 0 Å². The van der Waals surface area contributed by atoms with Gasteiger partial charge >= 0.3 is 12.1 Å². The Labute approximate surface area is 292 Å². The molecule has 0 heterocycles. The summed E-state index contributed by atoms with van der Waals surface area (Å²) in [6, 6.07) is 26.7. The van der Waals surface area contributed by atoms with Crippen molar-refractivity contribution < 1.29 is 27.8 Å². The molecule has 258 valence electrons. The first-order valence-electron chi connectivity index (χ1n) is 17.9. The molecule has 0 aromatic heterocycles. The fraction of sp³-hybridized carbons (Fsp3) is 0.341. The van der Waals surface area contributed by atoms with E-state index in [0.717, 1.165) is 45.9 Å². The topological polar surface area (TPSA) is 46.5 Å². The number of unbranched alkanes of at least 4 members (excludes halogenated alkanes) is 2. The number of carbonyl (C=O) groups excluding carboxylic acids is 1. The molecule has 0 radical (unpaired) electrons. The van der Waals surface area contributed by atoms with Crippen LogP contribution < -0.4 is 4.74 Å². The monoisotopic (exact) mass is 676 g/mol. The summed E-state index contributed by atoms with van der Waals surface area (Å²) >= 11 is 0. The largest absolute Gasteiger partial charge is 0.507 e. The van der Waals surface area contributed by atoms with Gasteiger partial charge in [0.05, 0.1) is 11.1 Å². The first-order chi connectivity index (χ1) is 23.9. The summed E-state index contributed by atoms with van der Waals surface area (Å²) in [4.78, 5) is 13.4. The Balaban J connectivity index is 1.06. The number of benzene rings is 5. The molecule has 0 atom stereocenters. The second-order valence-electron chi connectivity index (χ2n) is 14.7. The van der Waals surface area contributed by atoms with Crippen LogP contribution in [0.25, 0.3) is 33.0 Å². The summed E-state index contributed by atoms with van der Waals surface area (Å²) in [5, 5.41) is 11.4. The van der Waals surface area contributed by atoms with E-state index >= 15 is 0 Å². The van der Waals surface area contributed by atoms with E-state index in [0.29, 0.717) is 28.2 Å². The minimum atomic E-state index is -4.54. The van der Waals surface area contributed by atoms with Crippen LogP contribution >= 0.6 is 0 Å². The number of fused-ring (bicyclic) bond motifs is 5. The van der Waals surface area contributed by atoms with Gasteiger partial charge in [0.1, 0.15) is 11.5 Å². The fourth-order valence-corrected chi connectivity index (χ4v) is 8.23. The molecule has 1 saturated carbocycles. The van der Waals surface area contributed by atoms with Gasteiger partial charge in [-0.25, -0.2) is 4.79 Å². The molecular weight excluding hydrogens is 633 g/mol. The quantitative estimate of drug-likeness (QED) is 0.101. The van der Waals surface area contributed by atoms with Crippen LogP contribution in [0.4, 0.5) is 13.2 Å². The smallest absolute Gasteiger partial charge is 0.416 e. The minimum absolute atomic E-state index is 0.116. The number of carbonyl (C=O) groups is 1. The number of phenols is 1. The van der Waals surface area contributed by atoms with Gasteiger partial charge in [0.15, 0.2) is 0 Å². The predicted molar refractivity (Wildman–Crippen MR) is 194 cm³/mol. The van der Waals surface area contributed by atoms with E-state index in [4.69, 9.17) is 4.74 Å². The number of ether oxygens (including phenoxy) is 1. The Hall–Kier alpha value is -4.58. The second kappa shape index (κ2) is 13.3. The van der Waals surface area contributed by atoms with Gasteiger partial charge in [0.25, 0.3) is 0 Å². The van der Waals surface area contributed by atoms with Crippen LogP contribution in [0.3, 0.4) is 0 Å². The molecule has 0 spiro atoms. The lowest BCUT2D eigenvalue weighted by molar-refractivity contribution is -0.137. The van der Waals surface area contributed by atoms with Gasteiger partial charge in [0, 0.05) is 10.8 Å². The summed E-state index contributed by atoms with van der Waals surface area (Å²) in [7, 11) is 0. The number of hydrogen-bond donors (Lipinski definition) is 1. The lowest BCUT2D eigenvalue weighted by atomic mass is 9.77. The summed E-state index contributed by atoms with van der Waals surface area (Å²) in [6.07, 6.45) is 6.05. The van der Waals surface area contributed by atoms with E-state index in [-0.39, 0.29) is 11.1 Å². The Bertz CT molecular complexity index is 2030. The number of halogens is 3. The molecule has 2 aliphatic carbocycles. The van der Waals surface area contributed by atoms with Crippen LogP contribution in [-0.2, 0) is 11.6 Å². The Kier molecular flexibility index (Phi) is 9.00. The fourth-order valence-electron chi connectivity index (χ4n) is 8.23. The highest BCUT2D eigenvalue weighted by molar-refractivity contribution is 6.06. The molecule has 0 bridgehead atoms. The average Bonchev–Trinajstić information content (AvgIpc) is 3.34. The second-order valence-corrected chi connectivity index (χ2v) is 14.7. The molecular formula is C44H43F3O3. The van der Waals surface area contributed by atoms with E-state index in [1.54, 1.807) is 30.3 Å². The van der Waals surface area contributed by atoms with Crippen molar-refractivity contribution in [3.8, 4) is 33.8 Å². The van der Waals surface area contributed by atoms with E-state index in [9.17, 15) is 23.1 Å². The first-order valence-corrected chi connectivity index (χ1v) is 17.9. The van der Waals surface area contributed by atoms with E-state index in [2.05, 4.69) is 31.2 Å². The van der Waals surface area contributed by atoms with Gasteiger partial charge in [-0.15, -0.1) is 0 Å². The standard InChI is InChI=1S/C44H43F3O3/c1-4-5-6-7-27-8-10-28(11-9-27)29-12-14-30(15-13-29)31-16-20-34(21-17-31)50-42(49)32-18-23-38-37(24-32)41-35-22-19-33(44(45,46)47)25-36(35)40(48)26-39(41)43(38,2)3/h12-28,48H,4-11H2,1-3H3/t27-,28-. The molecule has 0 unspecified atom stereocenters. The maximum atomic E-state index is 13.5. The van der Waals surface area contributed by atoms with E-state index in [1.807, 2.05) is 32.0 Å². The third kappa shape index (κ3) is 6.41. The van der Waals surface area contributed by atoms with E-state index < -0.39 is 23.1 Å². The Morgan fingerprint density at radius 1 is 0.800 bits per heavy atom. The Morgan fingerprint density at radius 3 is 2.14 bits per heavy atom. The van der Waals surface area contributed by atoms with Crippen LogP contribution in [0.2, 0.25) is 0 Å². The van der Waals surface area contributed by atoms with Crippen molar-refractivity contribution in [2.45, 2.75) is 89.6 Å². The number of rotatable bonds is 8. The molecule has 0 aliphatic heterocycles. The maximum absolute atomic E-state index is 13.5. The van der Waals surface area contributed by atoms with Gasteiger partial charge in [-0.3, -0.25) is 0 Å². The van der Waals surface area contributed by atoms with Crippen molar-refractivity contribution in [1.29, 1.82) is 0 Å². The molecule has 6 heteroatoms. The number of esters is 1. The predicted octanol–water partition coefficient (Wildman–Crippen LogP) is 12.6. The zero-order valence-corrected chi connectivity index (χ0v) is 28.9. The van der Waals surface area contributed by atoms with Crippen molar-refractivity contribution in [3.05, 3.63) is 119 Å². The molecule has 0 saturated heterocycles. The number of aromatic hydroxyl groups is 1. The maximum Gasteiger partial charge on any atom is 0.416 e. The molecule has 3 nitrogen and oxygen atoms in total. The van der Waals surface area contributed by atoms with Crippen LogP contribution in [0.5, 0.6) is 11.5 Å². The van der Waals surface area contributed by atoms with Gasteiger partial charge in [-0.05, 0) is 124 Å². The van der Waals surface area contributed by atoms with Crippen LogP contribution in [0, 0.1) is 5.92 Å². The molecule has 1 N–H and O–H groups in total. The van der Waals surface area contributed by atoms with Crippen LogP contribution in [0.15, 0.2) is 91.0 Å². The molecule has 7 rings (SSSR count). The van der Waals surface area contributed by atoms with Crippen LogP contribution in [0.1, 0.15) is 111 Å². The van der Waals surface area contributed by atoms with Crippen molar-refractivity contribution in [2.24, 2.45) is 5.92 Å². The summed E-state index contributed by atoms with van der Waals surface area (Å²) in [6.45, 7) is 6.27. The van der Waals surface area contributed by atoms with Gasteiger partial charge in [0.2, 0.25) is 0 Å². The molecule has 0 amide bonds. The van der Waals surface area contributed by atoms with Gasteiger partial charge in [-0.2, -0.15) is 13.2 Å². The first kappa shape index (κ1) is 33.9. The lowest BCUT2D eigenvalue weighted by Crippen LogP contribution is -2.15.